The third-order valence-corrected chi connectivity index (χ3v) is 15.0. The number of rotatable bonds is 14. The highest BCUT2D eigenvalue weighted by atomic mass is 35.5. The fourth-order valence-electron chi connectivity index (χ4n) is 8.83. The van der Waals surface area contributed by atoms with Gasteiger partial charge in [-0.2, -0.15) is 4.31 Å². The number of hydrogen-bond donors (Lipinski definition) is 1. The van der Waals surface area contributed by atoms with Gasteiger partial charge < -0.3 is 28.8 Å². The van der Waals surface area contributed by atoms with E-state index in [-0.39, 0.29) is 54.3 Å². The fraction of sp³-hybridized carbons (Fsp3) is 0.442. The van der Waals surface area contributed by atoms with Crippen LogP contribution in [0, 0.1) is 17.8 Å². The number of benzene rings is 3. The number of aromatic amines is 1. The van der Waals surface area contributed by atoms with Gasteiger partial charge in [0, 0.05) is 87.1 Å². The molecular formula is C52H61ClFN5O8S. The van der Waals surface area contributed by atoms with Crippen molar-refractivity contribution in [1.82, 2.24) is 19.2 Å². The highest BCUT2D eigenvalue weighted by Gasteiger charge is 2.37. The van der Waals surface area contributed by atoms with Gasteiger partial charge in [0.2, 0.25) is 0 Å². The van der Waals surface area contributed by atoms with Gasteiger partial charge in [0.25, 0.3) is 15.9 Å². The molecule has 2 fully saturated rings. The van der Waals surface area contributed by atoms with Crippen LogP contribution in [-0.2, 0) is 24.3 Å². The summed E-state index contributed by atoms with van der Waals surface area (Å²) < 4.78 is 68.4. The molecule has 0 bridgehead atoms. The Bertz CT molecular complexity index is 2790. The lowest BCUT2D eigenvalue weighted by atomic mass is 9.72. The molecule has 0 atom stereocenters. The van der Waals surface area contributed by atoms with Gasteiger partial charge in [0.1, 0.15) is 35.2 Å². The number of nitrogens with one attached hydrogen (secondary N) is 1. The molecule has 0 unspecified atom stereocenters. The van der Waals surface area contributed by atoms with Crippen LogP contribution in [0.15, 0.2) is 95.7 Å². The van der Waals surface area contributed by atoms with Crippen LogP contribution in [0.1, 0.15) is 88.2 Å². The van der Waals surface area contributed by atoms with Gasteiger partial charge in [-0.05, 0) is 124 Å². The molecule has 16 heteroatoms. The number of pyridine rings is 1. The predicted molar refractivity (Wildman–Crippen MR) is 262 cm³/mol. The molecule has 8 rings (SSSR count). The molecule has 0 spiro atoms. The van der Waals surface area contributed by atoms with Crippen molar-refractivity contribution in [1.29, 1.82) is 0 Å². The minimum atomic E-state index is -4.70. The topological polar surface area (TPSA) is 144 Å². The molecule has 0 radical (unpaired) electrons. The Morgan fingerprint density at radius 2 is 1.68 bits per heavy atom. The summed E-state index contributed by atoms with van der Waals surface area (Å²) in [6.45, 7) is 14.5. The first-order chi connectivity index (χ1) is 32.3. The summed E-state index contributed by atoms with van der Waals surface area (Å²) in [5.74, 6) is -0.984. The molecular weight excluding hydrogens is 909 g/mol. The number of halogens is 2. The number of sulfonamides is 1. The van der Waals surface area contributed by atoms with Crippen LogP contribution in [0.2, 0.25) is 5.02 Å². The molecule has 68 heavy (non-hydrogen) atoms. The van der Waals surface area contributed by atoms with E-state index in [9.17, 15) is 18.0 Å². The maximum Gasteiger partial charge on any atom is 0.312 e. The predicted octanol–water partition coefficient (Wildman–Crippen LogP) is 10.4. The normalized spacial score (nSPS) is 17.8. The van der Waals surface area contributed by atoms with Crippen molar-refractivity contribution in [3.63, 3.8) is 0 Å². The van der Waals surface area contributed by atoms with Crippen LogP contribution >= 0.6 is 11.6 Å². The minimum Gasteiger partial charge on any atom is -0.490 e. The van der Waals surface area contributed by atoms with Gasteiger partial charge in [0.05, 0.1) is 22.1 Å². The fourth-order valence-corrected chi connectivity index (χ4v) is 10.3. The summed E-state index contributed by atoms with van der Waals surface area (Å²) in [5, 5.41) is 1.49. The zero-order valence-electron chi connectivity index (χ0n) is 39.7. The number of aryl methyl sites for hydroxylation is 1. The number of nitrogens with zero attached hydrogens (tertiary/aromatic N) is 4. The molecule has 4 heterocycles. The highest BCUT2D eigenvalue weighted by molar-refractivity contribution is 7.89. The Morgan fingerprint density at radius 3 is 2.38 bits per heavy atom. The maximum absolute atomic E-state index is 15.4. The van der Waals surface area contributed by atoms with Gasteiger partial charge in [0.15, 0.2) is 6.73 Å². The summed E-state index contributed by atoms with van der Waals surface area (Å²) in [6, 6.07) is 20.9. The van der Waals surface area contributed by atoms with Crippen LogP contribution in [-0.4, -0.2) is 104 Å². The van der Waals surface area contributed by atoms with E-state index in [1.807, 2.05) is 18.2 Å². The van der Waals surface area contributed by atoms with E-state index < -0.39 is 39.7 Å². The standard InChI is InChI=1S/C52H61ClFN5O8S/c1-35-27-42(12-14-45(35)65-33-52(54)18-25-64-26-19-52)68(62,63)59(34-66-49(61)50(2,3)4)48(60)43-13-11-40(29-46(43)67-41-28-37-16-20-55-47(37)56-31-41)58-23-21-57(22-24-58)32-38-15-17-51(5,6)30-44(38)36-7-9-39(53)10-8-36/h7-14,16,20,27-29,31H,15,17-19,21-26,30,32-34H2,1-6H3,(H,55,56). The van der Waals surface area contributed by atoms with E-state index in [1.165, 1.54) is 41.1 Å². The van der Waals surface area contributed by atoms with Gasteiger partial charge in [-0.25, -0.2) is 17.8 Å². The first-order valence-electron chi connectivity index (χ1n) is 23.2. The number of allylic oxidation sites excluding steroid dienone is 1. The average Bonchev–Trinajstić information content (AvgIpc) is 3.78. The lowest BCUT2D eigenvalue weighted by molar-refractivity contribution is -0.155. The largest absolute Gasteiger partial charge is 0.490 e. The molecule has 5 aromatic rings. The number of aromatic nitrogens is 2. The summed E-state index contributed by atoms with van der Waals surface area (Å²) in [5.41, 5.74) is 3.46. The summed E-state index contributed by atoms with van der Waals surface area (Å²) in [4.78, 5) is 40.0. The number of fused-ring (bicyclic) bond motifs is 1. The molecule has 1 aliphatic carbocycles. The number of hydrogen-bond acceptors (Lipinski definition) is 11. The lowest BCUT2D eigenvalue weighted by Gasteiger charge is -2.39. The number of ether oxygens (including phenoxy) is 4. The molecule has 362 valence electrons. The number of esters is 1. The number of H-pyrrole nitrogens is 1. The van der Waals surface area contributed by atoms with Crippen molar-refractivity contribution in [3.8, 4) is 17.2 Å². The van der Waals surface area contributed by atoms with Gasteiger partial charge in [-0.15, -0.1) is 0 Å². The summed E-state index contributed by atoms with van der Waals surface area (Å²) in [6.07, 6.45) is 6.81. The van der Waals surface area contributed by atoms with Crippen molar-refractivity contribution in [2.45, 2.75) is 84.2 Å². The van der Waals surface area contributed by atoms with Crippen LogP contribution < -0.4 is 14.4 Å². The smallest absolute Gasteiger partial charge is 0.312 e. The number of carbonyl (C=O) groups is 2. The molecule has 3 aliphatic rings. The number of carbonyl (C=O) groups excluding carboxylic acids is 2. The number of piperazine rings is 1. The van der Waals surface area contributed by atoms with E-state index in [0.29, 0.717) is 40.1 Å². The molecule has 2 saturated heterocycles. The Kier molecular flexibility index (Phi) is 14.3. The molecule has 1 amide bonds. The van der Waals surface area contributed by atoms with E-state index in [2.05, 4.69) is 45.7 Å². The third-order valence-electron chi connectivity index (χ3n) is 13.1. The van der Waals surface area contributed by atoms with E-state index in [0.717, 1.165) is 55.0 Å². The SMILES string of the molecule is Cc1cc(S(=O)(=O)N(COC(=O)C(C)(C)C)C(=O)c2ccc(N3CCN(CC4=C(c5ccc(Cl)cc5)CC(C)(C)CC4)CC3)cc2Oc2cnc3[nH]ccc3c2)ccc1OCC1(F)CCOCC1. The first kappa shape index (κ1) is 49.0. The highest BCUT2D eigenvalue weighted by Crippen LogP contribution is 2.44. The number of anilines is 1. The van der Waals surface area contributed by atoms with Crippen LogP contribution in [0.5, 0.6) is 17.2 Å². The molecule has 2 aliphatic heterocycles. The second kappa shape index (κ2) is 19.9. The summed E-state index contributed by atoms with van der Waals surface area (Å²) in [7, 11) is -4.70. The Balaban J connectivity index is 1.07. The van der Waals surface area contributed by atoms with Crippen LogP contribution in [0.3, 0.4) is 0 Å². The van der Waals surface area contributed by atoms with Crippen molar-refractivity contribution in [2.75, 3.05) is 64.2 Å². The molecule has 13 nitrogen and oxygen atoms in total. The van der Waals surface area contributed by atoms with Gasteiger partial charge >= 0.3 is 5.97 Å². The van der Waals surface area contributed by atoms with E-state index >= 15 is 4.39 Å². The molecule has 3 aromatic carbocycles. The Labute approximate surface area is 403 Å². The molecule has 1 N–H and O–H groups in total. The van der Waals surface area contributed by atoms with Gasteiger partial charge in [-0.1, -0.05) is 43.2 Å². The zero-order valence-corrected chi connectivity index (χ0v) is 41.3. The minimum absolute atomic E-state index is 0.0831. The first-order valence-corrected chi connectivity index (χ1v) is 25.0. The second-order valence-corrected chi connectivity index (χ2v) is 22.3. The van der Waals surface area contributed by atoms with Gasteiger partial charge in [-0.3, -0.25) is 14.5 Å². The Hall–Kier alpha value is -5.48. The van der Waals surface area contributed by atoms with Crippen molar-refractivity contribution in [2.24, 2.45) is 10.8 Å². The van der Waals surface area contributed by atoms with Crippen molar-refractivity contribution >= 4 is 55.8 Å². The molecule has 0 saturated carbocycles. The second-order valence-electron chi connectivity index (χ2n) is 20.0. The van der Waals surface area contributed by atoms with Crippen molar-refractivity contribution < 1.29 is 41.3 Å². The summed E-state index contributed by atoms with van der Waals surface area (Å²) >= 11 is 6.27. The number of amides is 1. The van der Waals surface area contributed by atoms with Crippen LogP contribution in [0.4, 0.5) is 10.1 Å². The number of alkyl halides is 1. The van der Waals surface area contributed by atoms with Crippen molar-refractivity contribution in [3.05, 3.63) is 112 Å². The van der Waals surface area contributed by atoms with E-state index in [1.54, 1.807) is 58.2 Å². The quantitative estimate of drug-likeness (QED) is 0.0839. The molecule has 2 aromatic heterocycles. The lowest BCUT2D eigenvalue weighted by Crippen LogP contribution is -2.47. The van der Waals surface area contributed by atoms with E-state index in [4.69, 9.17) is 30.5 Å². The average molecular weight is 971 g/mol. The monoisotopic (exact) mass is 969 g/mol. The maximum atomic E-state index is 15.4. The van der Waals surface area contributed by atoms with Crippen LogP contribution in [0.25, 0.3) is 16.6 Å². The zero-order chi connectivity index (χ0) is 48.4. The third kappa shape index (κ3) is 11.3. The Morgan fingerprint density at radius 1 is 0.941 bits per heavy atom.